The number of sulfonamides is 1. The molecule has 1 amide bonds. The molecule has 21 heavy (non-hydrogen) atoms. The number of rotatable bonds is 4. The van der Waals surface area contributed by atoms with Crippen LogP contribution in [0.1, 0.15) is 10.4 Å². The van der Waals surface area contributed by atoms with Gasteiger partial charge in [-0.2, -0.15) is 0 Å². The molecule has 0 fully saturated rings. The number of amides is 1. The van der Waals surface area contributed by atoms with Gasteiger partial charge in [-0.25, -0.2) is 13.6 Å². The number of benzene rings is 2. The highest BCUT2D eigenvalue weighted by molar-refractivity contribution is 7.89. The number of primary sulfonamides is 1. The molecule has 0 saturated carbocycles. The molecule has 0 aliphatic heterocycles. The molecule has 110 valence electrons. The Hall–Kier alpha value is -2.38. The van der Waals surface area contributed by atoms with Gasteiger partial charge in [0.1, 0.15) is 0 Å². The van der Waals surface area contributed by atoms with Crippen LogP contribution < -0.4 is 15.8 Å². The van der Waals surface area contributed by atoms with Gasteiger partial charge in [-0.05, 0) is 48.5 Å². The highest BCUT2D eigenvalue weighted by Crippen LogP contribution is 2.15. The van der Waals surface area contributed by atoms with E-state index in [9.17, 15) is 13.2 Å². The van der Waals surface area contributed by atoms with Crippen LogP contribution in [0.15, 0.2) is 53.4 Å². The first kappa shape index (κ1) is 15.0. The van der Waals surface area contributed by atoms with Crippen molar-refractivity contribution >= 4 is 27.3 Å². The average molecular weight is 305 g/mol. The lowest BCUT2D eigenvalue weighted by Gasteiger charge is -2.07. The van der Waals surface area contributed by atoms with Crippen molar-refractivity contribution in [1.82, 2.24) is 0 Å². The van der Waals surface area contributed by atoms with Crippen molar-refractivity contribution in [2.75, 3.05) is 17.7 Å². The summed E-state index contributed by atoms with van der Waals surface area (Å²) in [6.45, 7) is 0. The van der Waals surface area contributed by atoms with Gasteiger partial charge in [-0.15, -0.1) is 0 Å². The Kier molecular flexibility index (Phi) is 4.25. The van der Waals surface area contributed by atoms with Gasteiger partial charge in [0.05, 0.1) is 4.90 Å². The Bertz CT molecular complexity index is 738. The molecule has 2 aromatic rings. The Labute approximate surface area is 123 Å². The van der Waals surface area contributed by atoms with Gasteiger partial charge in [0.2, 0.25) is 10.0 Å². The van der Waals surface area contributed by atoms with Crippen LogP contribution in [0, 0.1) is 0 Å². The van der Waals surface area contributed by atoms with Crippen LogP contribution in [0.25, 0.3) is 0 Å². The topological polar surface area (TPSA) is 101 Å². The smallest absolute Gasteiger partial charge is 0.255 e. The maximum absolute atomic E-state index is 12.0. The maximum Gasteiger partial charge on any atom is 0.255 e. The number of nitrogens with one attached hydrogen (secondary N) is 2. The number of anilines is 2. The summed E-state index contributed by atoms with van der Waals surface area (Å²) in [4.78, 5) is 12.0. The summed E-state index contributed by atoms with van der Waals surface area (Å²) in [5.41, 5.74) is 1.90. The predicted octanol–water partition coefficient (Wildman–Crippen LogP) is 1.63. The fraction of sp³-hybridized carbons (Fsp3) is 0.0714. The molecule has 6 nitrogen and oxygen atoms in total. The van der Waals surface area contributed by atoms with Crippen molar-refractivity contribution in [3.05, 3.63) is 54.1 Å². The molecule has 0 atom stereocenters. The number of carbonyl (C=O) groups excluding carboxylic acids is 1. The lowest BCUT2D eigenvalue weighted by atomic mass is 10.2. The number of hydrogen-bond donors (Lipinski definition) is 3. The van der Waals surface area contributed by atoms with Crippen molar-refractivity contribution in [2.24, 2.45) is 5.14 Å². The second-order valence-electron chi connectivity index (χ2n) is 4.35. The SMILES string of the molecule is CNc1ccc(C(=O)Nc2ccc(S(N)(=O)=O)cc2)cc1. The van der Waals surface area contributed by atoms with Crippen molar-refractivity contribution in [2.45, 2.75) is 4.90 Å². The van der Waals surface area contributed by atoms with E-state index in [0.29, 0.717) is 11.3 Å². The van der Waals surface area contributed by atoms with E-state index in [1.54, 1.807) is 31.3 Å². The molecular formula is C14H15N3O3S. The maximum atomic E-state index is 12.0. The van der Waals surface area contributed by atoms with E-state index in [2.05, 4.69) is 10.6 Å². The minimum absolute atomic E-state index is 0.00104. The van der Waals surface area contributed by atoms with Crippen molar-refractivity contribution < 1.29 is 13.2 Å². The van der Waals surface area contributed by atoms with Crippen LogP contribution in [0.5, 0.6) is 0 Å². The van der Waals surface area contributed by atoms with Crippen LogP contribution >= 0.6 is 0 Å². The standard InChI is InChI=1S/C14H15N3O3S/c1-16-11-4-2-10(3-5-11)14(18)17-12-6-8-13(9-7-12)21(15,19)20/h2-9,16H,1H3,(H,17,18)(H2,15,19,20). The molecule has 4 N–H and O–H groups in total. The molecular weight excluding hydrogens is 290 g/mol. The Morgan fingerprint density at radius 2 is 1.48 bits per heavy atom. The quantitative estimate of drug-likeness (QED) is 0.799. The van der Waals surface area contributed by atoms with Gasteiger partial charge in [0.25, 0.3) is 5.91 Å². The van der Waals surface area contributed by atoms with Gasteiger partial charge < -0.3 is 10.6 Å². The molecule has 0 heterocycles. The van der Waals surface area contributed by atoms with Crippen molar-refractivity contribution in [3.8, 4) is 0 Å². The lowest BCUT2D eigenvalue weighted by Crippen LogP contribution is -2.13. The van der Waals surface area contributed by atoms with E-state index >= 15 is 0 Å². The first-order valence-electron chi connectivity index (χ1n) is 6.12. The summed E-state index contributed by atoms with van der Waals surface area (Å²) in [6.07, 6.45) is 0. The van der Waals surface area contributed by atoms with Gasteiger partial charge in [0.15, 0.2) is 0 Å². The van der Waals surface area contributed by atoms with Crippen LogP contribution in [0.3, 0.4) is 0 Å². The van der Waals surface area contributed by atoms with E-state index in [1.165, 1.54) is 24.3 Å². The largest absolute Gasteiger partial charge is 0.388 e. The number of nitrogens with two attached hydrogens (primary N) is 1. The number of carbonyl (C=O) groups is 1. The third kappa shape index (κ3) is 3.80. The van der Waals surface area contributed by atoms with Crippen LogP contribution in [-0.4, -0.2) is 21.4 Å². The Balaban J connectivity index is 2.12. The third-order valence-corrected chi connectivity index (χ3v) is 3.81. The fourth-order valence-electron chi connectivity index (χ4n) is 1.72. The highest BCUT2D eigenvalue weighted by Gasteiger charge is 2.09. The van der Waals surface area contributed by atoms with Crippen molar-refractivity contribution in [3.63, 3.8) is 0 Å². The summed E-state index contributed by atoms with van der Waals surface area (Å²) in [7, 11) is -1.93. The van der Waals surface area contributed by atoms with E-state index in [-0.39, 0.29) is 10.8 Å². The van der Waals surface area contributed by atoms with Gasteiger partial charge in [-0.1, -0.05) is 0 Å². The van der Waals surface area contributed by atoms with Crippen LogP contribution in [0.4, 0.5) is 11.4 Å². The van der Waals surface area contributed by atoms with E-state index in [1.807, 2.05) is 0 Å². The van der Waals surface area contributed by atoms with E-state index in [0.717, 1.165) is 5.69 Å². The monoisotopic (exact) mass is 305 g/mol. The zero-order valence-electron chi connectivity index (χ0n) is 11.3. The molecule has 7 heteroatoms. The molecule has 0 spiro atoms. The summed E-state index contributed by atoms with van der Waals surface area (Å²) in [5, 5.41) is 10.6. The number of hydrogen-bond acceptors (Lipinski definition) is 4. The molecule has 0 aliphatic rings. The van der Waals surface area contributed by atoms with Gasteiger partial charge in [-0.3, -0.25) is 4.79 Å². The molecule has 0 aliphatic carbocycles. The molecule has 2 rings (SSSR count). The molecule has 0 unspecified atom stereocenters. The highest BCUT2D eigenvalue weighted by atomic mass is 32.2. The molecule has 0 aromatic heterocycles. The zero-order chi connectivity index (χ0) is 15.5. The van der Waals surface area contributed by atoms with E-state index < -0.39 is 10.0 Å². The normalized spacial score (nSPS) is 11.0. The Morgan fingerprint density at radius 1 is 0.952 bits per heavy atom. The lowest BCUT2D eigenvalue weighted by molar-refractivity contribution is 0.102. The van der Waals surface area contributed by atoms with Gasteiger partial charge >= 0.3 is 0 Å². The minimum atomic E-state index is -3.73. The third-order valence-electron chi connectivity index (χ3n) is 2.88. The summed E-state index contributed by atoms with van der Waals surface area (Å²) < 4.78 is 22.3. The Morgan fingerprint density at radius 3 is 1.95 bits per heavy atom. The fourth-order valence-corrected chi connectivity index (χ4v) is 2.23. The minimum Gasteiger partial charge on any atom is -0.388 e. The summed E-state index contributed by atoms with van der Waals surface area (Å²) >= 11 is 0. The predicted molar refractivity (Wildman–Crippen MR) is 81.8 cm³/mol. The second-order valence-corrected chi connectivity index (χ2v) is 5.91. The molecule has 0 radical (unpaired) electrons. The summed E-state index contributed by atoms with van der Waals surface area (Å²) in [6, 6.07) is 12.6. The second kappa shape index (κ2) is 5.94. The van der Waals surface area contributed by atoms with Gasteiger partial charge in [0, 0.05) is 24.0 Å². The average Bonchev–Trinajstić information content (AvgIpc) is 2.47. The molecule has 2 aromatic carbocycles. The molecule has 0 bridgehead atoms. The zero-order valence-corrected chi connectivity index (χ0v) is 12.1. The van der Waals surface area contributed by atoms with Crippen LogP contribution in [0.2, 0.25) is 0 Å². The summed E-state index contributed by atoms with van der Waals surface area (Å²) in [5.74, 6) is -0.277. The van der Waals surface area contributed by atoms with E-state index in [4.69, 9.17) is 5.14 Å². The van der Waals surface area contributed by atoms with Crippen molar-refractivity contribution in [1.29, 1.82) is 0 Å². The first-order valence-corrected chi connectivity index (χ1v) is 7.67. The molecule has 0 saturated heterocycles. The van der Waals surface area contributed by atoms with Crippen LogP contribution in [-0.2, 0) is 10.0 Å². The first-order chi connectivity index (χ1) is 9.90.